The summed E-state index contributed by atoms with van der Waals surface area (Å²) in [4.78, 5) is 0. The van der Waals surface area contributed by atoms with Crippen molar-refractivity contribution < 1.29 is 0 Å². The number of hydrogen-bond donors (Lipinski definition) is 0. The lowest BCUT2D eigenvalue weighted by Gasteiger charge is -1.95. The molecule has 38 valence electrons. The van der Waals surface area contributed by atoms with Crippen LogP contribution in [0.3, 0.4) is 0 Å². The summed E-state index contributed by atoms with van der Waals surface area (Å²) in [6.07, 6.45) is 1.27. The summed E-state index contributed by atoms with van der Waals surface area (Å²) < 4.78 is 0.822. The zero-order valence-electron chi connectivity index (χ0n) is 3.75. The fourth-order valence-corrected chi connectivity index (χ4v) is 0.567. The highest BCUT2D eigenvalue weighted by atomic mass is 127. The van der Waals surface area contributed by atoms with Crippen LogP contribution in [0.2, 0.25) is 0 Å². The van der Waals surface area contributed by atoms with Gasteiger partial charge in [0.15, 0.2) is 0 Å². The molecule has 0 aliphatic rings. The maximum Gasteiger partial charge on any atom is 0.0204 e. The number of halogens is 2. The van der Waals surface area contributed by atoms with Crippen LogP contribution in [0, 0.1) is 0 Å². The molecule has 0 N–H and O–H groups in total. The first-order chi connectivity index (χ1) is 2.81. The lowest BCUT2D eigenvalue weighted by molar-refractivity contribution is 0.953. The molecule has 0 amide bonds. The summed E-state index contributed by atoms with van der Waals surface area (Å²) >= 11 is 5.79. The largest absolute Gasteiger partial charge is 0.0917 e. The molecule has 0 heterocycles. The quantitative estimate of drug-likeness (QED) is 0.530. The van der Waals surface area contributed by atoms with E-state index >= 15 is 0 Å². The average molecular weight is 263 g/mol. The Labute approximate surface area is 61.0 Å². The Hall–Kier alpha value is 1.21. The summed E-state index contributed by atoms with van der Waals surface area (Å²) in [6.45, 7) is 2.19. The molecule has 1 unspecified atom stereocenters. The predicted octanol–water partition coefficient (Wildman–Crippen LogP) is 2.59. The molecule has 0 aromatic heterocycles. The predicted molar refractivity (Wildman–Crippen MR) is 41.9 cm³/mol. The van der Waals surface area contributed by atoms with E-state index < -0.39 is 0 Å². The minimum absolute atomic E-state index is 0.822. The SMILES string of the molecule is CCC(I)CBr. The second-order valence-electron chi connectivity index (χ2n) is 1.16. The van der Waals surface area contributed by atoms with Gasteiger partial charge in [-0.3, -0.25) is 0 Å². The smallest absolute Gasteiger partial charge is 0.0204 e. The molecular weight excluding hydrogens is 255 g/mol. The molecule has 0 saturated carbocycles. The normalized spacial score (nSPS) is 14.5. The molecule has 0 aromatic carbocycles. The highest BCUT2D eigenvalue weighted by Crippen LogP contribution is 2.06. The molecule has 6 heavy (non-hydrogen) atoms. The van der Waals surface area contributed by atoms with Crippen molar-refractivity contribution in [2.75, 3.05) is 5.33 Å². The summed E-state index contributed by atoms with van der Waals surface area (Å²) in [5.41, 5.74) is 0. The molecule has 0 nitrogen and oxygen atoms in total. The van der Waals surface area contributed by atoms with Gasteiger partial charge < -0.3 is 0 Å². The van der Waals surface area contributed by atoms with Gasteiger partial charge in [-0.15, -0.1) is 0 Å². The van der Waals surface area contributed by atoms with Crippen LogP contribution in [0.4, 0.5) is 0 Å². The van der Waals surface area contributed by atoms with E-state index in [-0.39, 0.29) is 0 Å². The van der Waals surface area contributed by atoms with E-state index in [4.69, 9.17) is 0 Å². The van der Waals surface area contributed by atoms with Crippen molar-refractivity contribution in [3.05, 3.63) is 0 Å². The zero-order valence-corrected chi connectivity index (χ0v) is 7.49. The third-order valence-electron chi connectivity index (χ3n) is 0.610. The minimum Gasteiger partial charge on any atom is -0.0917 e. The second-order valence-corrected chi connectivity index (χ2v) is 3.57. The van der Waals surface area contributed by atoms with Crippen molar-refractivity contribution in [2.45, 2.75) is 17.3 Å². The number of alkyl halides is 2. The molecule has 0 fully saturated rings. The van der Waals surface area contributed by atoms with Gasteiger partial charge in [0, 0.05) is 9.25 Å². The van der Waals surface area contributed by atoms with Crippen molar-refractivity contribution in [2.24, 2.45) is 0 Å². The van der Waals surface area contributed by atoms with Gasteiger partial charge in [-0.2, -0.15) is 0 Å². The van der Waals surface area contributed by atoms with Gasteiger partial charge in [0.25, 0.3) is 0 Å². The molecule has 0 aromatic rings. The van der Waals surface area contributed by atoms with Crippen LogP contribution < -0.4 is 0 Å². The molecule has 2 heteroatoms. The lowest BCUT2D eigenvalue weighted by atomic mass is 10.4. The first-order valence-corrected chi connectivity index (χ1v) is 4.38. The van der Waals surface area contributed by atoms with E-state index in [0.717, 1.165) is 9.25 Å². The minimum atomic E-state index is 0.822. The lowest BCUT2D eigenvalue weighted by Crippen LogP contribution is -1.92. The Kier molecular flexibility index (Phi) is 5.25. The van der Waals surface area contributed by atoms with E-state index in [1.807, 2.05) is 0 Å². The first-order valence-electron chi connectivity index (χ1n) is 2.01. The molecule has 0 bridgehead atoms. The molecule has 0 spiro atoms. The van der Waals surface area contributed by atoms with Crippen LogP contribution in [0.15, 0.2) is 0 Å². The van der Waals surface area contributed by atoms with Gasteiger partial charge >= 0.3 is 0 Å². The highest BCUT2D eigenvalue weighted by Gasteiger charge is 1.92. The van der Waals surface area contributed by atoms with Crippen LogP contribution in [-0.4, -0.2) is 9.25 Å². The molecule has 0 radical (unpaired) electrons. The molecular formula is C4H8BrI. The zero-order chi connectivity index (χ0) is 4.99. The Balaban J connectivity index is 2.75. The van der Waals surface area contributed by atoms with E-state index in [0.29, 0.717) is 0 Å². The summed E-state index contributed by atoms with van der Waals surface area (Å²) in [5.74, 6) is 0. The van der Waals surface area contributed by atoms with Crippen molar-refractivity contribution in [1.29, 1.82) is 0 Å². The van der Waals surface area contributed by atoms with Gasteiger partial charge in [0.05, 0.1) is 0 Å². The van der Waals surface area contributed by atoms with E-state index in [1.165, 1.54) is 6.42 Å². The van der Waals surface area contributed by atoms with Crippen molar-refractivity contribution in [1.82, 2.24) is 0 Å². The molecule has 0 rings (SSSR count). The summed E-state index contributed by atoms with van der Waals surface area (Å²) in [6, 6.07) is 0. The number of hydrogen-bond acceptors (Lipinski definition) is 0. The average Bonchev–Trinajstić information content (AvgIpc) is 1.65. The topological polar surface area (TPSA) is 0 Å². The van der Waals surface area contributed by atoms with E-state index in [1.54, 1.807) is 0 Å². The molecule has 0 aliphatic heterocycles. The number of rotatable bonds is 2. The standard InChI is InChI=1S/C4H8BrI/c1-2-4(6)3-5/h4H,2-3H2,1H3. The Morgan fingerprint density at radius 2 is 2.33 bits per heavy atom. The first kappa shape index (κ1) is 7.21. The molecule has 0 saturated heterocycles. The van der Waals surface area contributed by atoms with Gasteiger partial charge in [0.1, 0.15) is 0 Å². The molecule has 1 atom stereocenters. The van der Waals surface area contributed by atoms with Gasteiger partial charge in [-0.1, -0.05) is 45.4 Å². The Morgan fingerprint density at radius 3 is 2.33 bits per heavy atom. The fourth-order valence-electron chi connectivity index (χ4n) is 0.109. The monoisotopic (exact) mass is 262 g/mol. The maximum atomic E-state index is 3.37. The summed E-state index contributed by atoms with van der Waals surface area (Å²) in [5, 5.41) is 1.13. The highest BCUT2D eigenvalue weighted by molar-refractivity contribution is 14.1. The van der Waals surface area contributed by atoms with Gasteiger partial charge in [0.2, 0.25) is 0 Å². The van der Waals surface area contributed by atoms with Crippen molar-refractivity contribution in [3.63, 3.8) is 0 Å². The van der Waals surface area contributed by atoms with Crippen LogP contribution >= 0.6 is 38.5 Å². The third kappa shape index (κ3) is 3.40. The third-order valence-corrected chi connectivity index (χ3v) is 3.92. The second kappa shape index (κ2) is 4.37. The Bertz CT molecular complexity index is 26.7. The van der Waals surface area contributed by atoms with E-state index in [2.05, 4.69) is 45.4 Å². The van der Waals surface area contributed by atoms with Gasteiger partial charge in [-0.05, 0) is 6.42 Å². The maximum absolute atomic E-state index is 3.37. The molecule has 0 aliphatic carbocycles. The van der Waals surface area contributed by atoms with Crippen LogP contribution in [0.1, 0.15) is 13.3 Å². The Morgan fingerprint density at radius 1 is 1.83 bits per heavy atom. The van der Waals surface area contributed by atoms with Crippen LogP contribution in [0.25, 0.3) is 0 Å². The fraction of sp³-hybridized carbons (Fsp3) is 1.00. The van der Waals surface area contributed by atoms with Gasteiger partial charge in [-0.25, -0.2) is 0 Å². The van der Waals surface area contributed by atoms with Crippen LogP contribution in [-0.2, 0) is 0 Å². The van der Waals surface area contributed by atoms with E-state index in [9.17, 15) is 0 Å². The van der Waals surface area contributed by atoms with Crippen molar-refractivity contribution >= 4 is 38.5 Å². The summed E-state index contributed by atoms with van der Waals surface area (Å²) in [7, 11) is 0. The van der Waals surface area contributed by atoms with Crippen LogP contribution in [0.5, 0.6) is 0 Å². The van der Waals surface area contributed by atoms with Crippen molar-refractivity contribution in [3.8, 4) is 0 Å².